The fraction of sp³-hybridized carbons (Fsp3) is 0.636. The van der Waals surface area contributed by atoms with Crippen molar-refractivity contribution >= 4 is 28.3 Å². The van der Waals surface area contributed by atoms with E-state index in [0.717, 1.165) is 18.0 Å². The summed E-state index contributed by atoms with van der Waals surface area (Å²) in [6, 6.07) is 0. The van der Waals surface area contributed by atoms with Crippen LogP contribution in [0.4, 0.5) is 5.00 Å². The van der Waals surface area contributed by atoms with Crippen LogP contribution in [-0.2, 0) is 16.1 Å². The third-order valence-corrected chi connectivity index (χ3v) is 3.59. The predicted octanol–water partition coefficient (Wildman–Crippen LogP) is 1.25. The minimum Gasteiger partial charge on any atom is -0.374 e. The largest absolute Gasteiger partial charge is 0.374 e. The summed E-state index contributed by atoms with van der Waals surface area (Å²) in [5, 5.41) is 8.03. The Bertz CT molecular complexity index is 460. The van der Waals surface area contributed by atoms with E-state index in [4.69, 9.17) is 0 Å². The number of nitrogens with one attached hydrogen (secondary N) is 1. The van der Waals surface area contributed by atoms with Gasteiger partial charge in [-0.3, -0.25) is 14.5 Å². The number of likely N-dealkylation sites (tertiary alicyclic amines) is 1. The van der Waals surface area contributed by atoms with Gasteiger partial charge >= 0.3 is 0 Å². The highest BCUT2D eigenvalue weighted by Crippen LogP contribution is 2.24. The van der Waals surface area contributed by atoms with Crippen LogP contribution in [0.2, 0.25) is 0 Å². The molecule has 0 aliphatic carbocycles. The summed E-state index contributed by atoms with van der Waals surface area (Å²) in [6.07, 6.45) is 1.30. The molecule has 1 aliphatic rings. The van der Waals surface area contributed by atoms with Gasteiger partial charge in [0.05, 0.1) is 6.54 Å². The molecule has 2 heterocycles. The fourth-order valence-corrected chi connectivity index (χ4v) is 2.45. The van der Waals surface area contributed by atoms with E-state index in [9.17, 15) is 9.59 Å². The highest BCUT2D eigenvalue weighted by Gasteiger charge is 2.36. The molecule has 6 nitrogen and oxygen atoms in total. The lowest BCUT2D eigenvalue weighted by Gasteiger charge is -2.13. The van der Waals surface area contributed by atoms with Crippen LogP contribution in [0.5, 0.6) is 0 Å². The van der Waals surface area contributed by atoms with Crippen molar-refractivity contribution in [3.05, 3.63) is 5.69 Å². The monoisotopic (exact) mass is 268 g/mol. The molecule has 1 aromatic heterocycles. The van der Waals surface area contributed by atoms with E-state index in [1.807, 2.05) is 0 Å². The van der Waals surface area contributed by atoms with Gasteiger partial charge in [0.25, 0.3) is 0 Å². The van der Waals surface area contributed by atoms with E-state index in [0.29, 0.717) is 12.1 Å². The van der Waals surface area contributed by atoms with Gasteiger partial charge in [-0.1, -0.05) is 18.3 Å². The van der Waals surface area contributed by atoms with Crippen molar-refractivity contribution < 1.29 is 9.59 Å². The molecule has 1 saturated heterocycles. The van der Waals surface area contributed by atoms with Crippen LogP contribution in [0.25, 0.3) is 0 Å². The summed E-state index contributed by atoms with van der Waals surface area (Å²) in [4.78, 5) is 24.8. The molecule has 1 fully saturated rings. The molecule has 1 atom stereocenters. The summed E-state index contributed by atoms with van der Waals surface area (Å²) < 4.78 is 3.87. The van der Waals surface area contributed by atoms with Gasteiger partial charge in [-0.25, -0.2) is 0 Å². The minimum absolute atomic E-state index is 0.116. The van der Waals surface area contributed by atoms with Crippen molar-refractivity contribution in [3.63, 3.8) is 0 Å². The van der Waals surface area contributed by atoms with Crippen LogP contribution in [0.1, 0.15) is 32.4 Å². The predicted molar refractivity (Wildman–Crippen MR) is 68.0 cm³/mol. The van der Waals surface area contributed by atoms with Gasteiger partial charge in [0.15, 0.2) is 0 Å². The Labute approximate surface area is 110 Å². The second-order valence-electron chi connectivity index (χ2n) is 4.40. The Balaban J connectivity index is 2.07. The smallest absolute Gasteiger partial charge is 0.232 e. The maximum atomic E-state index is 11.8. The average Bonchev–Trinajstić information content (AvgIpc) is 2.87. The van der Waals surface area contributed by atoms with Gasteiger partial charge in [0, 0.05) is 30.4 Å². The van der Waals surface area contributed by atoms with Gasteiger partial charge in [0.1, 0.15) is 10.7 Å². The molecule has 1 N–H and O–H groups in total. The first kappa shape index (κ1) is 12.9. The third-order valence-electron chi connectivity index (χ3n) is 2.87. The van der Waals surface area contributed by atoms with Crippen LogP contribution < -0.4 is 5.32 Å². The summed E-state index contributed by atoms with van der Waals surface area (Å²) in [5.41, 5.74) is 0.671. The van der Waals surface area contributed by atoms with Crippen molar-refractivity contribution in [2.75, 3.05) is 11.9 Å². The summed E-state index contributed by atoms with van der Waals surface area (Å²) in [5.74, 6) is -0.451. The normalized spacial score (nSPS) is 19.7. The first-order valence-corrected chi connectivity index (χ1v) is 6.80. The zero-order valence-corrected chi connectivity index (χ0v) is 11.3. The highest BCUT2D eigenvalue weighted by molar-refractivity contribution is 7.10. The van der Waals surface area contributed by atoms with E-state index < -0.39 is 0 Å². The van der Waals surface area contributed by atoms with E-state index >= 15 is 0 Å². The van der Waals surface area contributed by atoms with Crippen molar-refractivity contribution in [2.45, 2.75) is 33.2 Å². The Morgan fingerprint density at radius 2 is 2.28 bits per heavy atom. The number of anilines is 1. The zero-order chi connectivity index (χ0) is 13.1. The average molecular weight is 268 g/mol. The van der Waals surface area contributed by atoms with Crippen molar-refractivity contribution in [1.29, 1.82) is 0 Å². The molecule has 7 heteroatoms. The van der Waals surface area contributed by atoms with Crippen molar-refractivity contribution in [3.8, 4) is 0 Å². The van der Waals surface area contributed by atoms with E-state index in [1.165, 1.54) is 16.4 Å². The lowest BCUT2D eigenvalue weighted by Crippen LogP contribution is -2.30. The molecule has 1 unspecified atom stereocenters. The lowest BCUT2D eigenvalue weighted by molar-refractivity contribution is -0.139. The second-order valence-corrected chi connectivity index (χ2v) is 5.15. The molecule has 0 aromatic carbocycles. The molecule has 2 rings (SSSR count). The van der Waals surface area contributed by atoms with Crippen molar-refractivity contribution in [2.24, 2.45) is 5.92 Å². The molecule has 2 amide bonds. The topological polar surface area (TPSA) is 75.2 Å². The summed E-state index contributed by atoms with van der Waals surface area (Å²) >= 11 is 1.25. The standard InChI is InChI=1S/C11H16N4O2S/c1-3-4-12-10-8(13-14-18-10)6-15-9(16)5-7(2)11(15)17/h7,12H,3-6H2,1-2H3. The Morgan fingerprint density at radius 3 is 2.89 bits per heavy atom. The summed E-state index contributed by atoms with van der Waals surface area (Å²) in [7, 11) is 0. The van der Waals surface area contributed by atoms with Crippen LogP contribution >= 0.6 is 11.5 Å². The number of aromatic nitrogens is 2. The number of rotatable bonds is 5. The Hall–Kier alpha value is -1.50. The number of nitrogens with zero attached hydrogens (tertiary/aromatic N) is 3. The van der Waals surface area contributed by atoms with Gasteiger partial charge in [-0.2, -0.15) is 0 Å². The lowest BCUT2D eigenvalue weighted by atomic mass is 10.1. The van der Waals surface area contributed by atoms with Crippen molar-refractivity contribution in [1.82, 2.24) is 14.5 Å². The quantitative estimate of drug-likeness (QED) is 0.814. The third kappa shape index (κ3) is 2.50. The van der Waals surface area contributed by atoms with E-state index in [-0.39, 0.29) is 24.3 Å². The molecule has 98 valence electrons. The molecule has 0 saturated carbocycles. The zero-order valence-electron chi connectivity index (χ0n) is 10.5. The molecule has 0 radical (unpaired) electrons. The highest BCUT2D eigenvalue weighted by atomic mass is 32.1. The van der Waals surface area contributed by atoms with E-state index in [1.54, 1.807) is 6.92 Å². The number of imide groups is 1. The molecule has 0 bridgehead atoms. The van der Waals surface area contributed by atoms with Gasteiger partial charge < -0.3 is 5.32 Å². The molecule has 1 aromatic rings. The van der Waals surface area contributed by atoms with Gasteiger partial charge in [-0.15, -0.1) is 5.10 Å². The van der Waals surface area contributed by atoms with Crippen LogP contribution in [0.15, 0.2) is 0 Å². The first-order chi connectivity index (χ1) is 8.63. The van der Waals surface area contributed by atoms with Gasteiger partial charge in [0.2, 0.25) is 11.8 Å². The molecular weight excluding hydrogens is 252 g/mol. The fourth-order valence-electron chi connectivity index (χ4n) is 1.85. The minimum atomic E-state index is -0.212. The van der Waals surface area contributed by atoms with Crippen LogP contribution in [0.3, 0.4) is 0 Å². The molecular formula is C11H16N4O2S. The van der Waals surface area contributed by atoms with Gasteiger partial charge in [-0.05, 0) is 6.42 Å². The number of hydrogen-bond donors (Lipinski definition) is 1. The Kier molecular flexibility index (Phi) is 3.90. The summed E-state index contributed by atoms with van der Waals surface area (Å²) in [6.45, 7) is 4.89. The van der Waals surface area contributed by atoms with Crippen LogP contribution in [-0.4, -0.2) is 32.8 Å². The number of amides is 2. The van der Waals surface area contributed by atoms with E-state index in [2.05, 4.69) is 21.8 Å². The maximum Gasteiger partial charge on any atom is 0.232 e. The maximum absolute atomic E-state index is 11.8. The number of hydrogen-bond acceptors (Lipinski definition) is 6. The number of carbonyl (C=O) groups is 2. The van der Waals surface area contributed by atoms with Crippen LogP contribution in [0, 0.1) is 5.92 Å². The first-order valence-electron chi connectivity index (χ1n) is 6.02. The SMILES string of the molecule is CCCNc1snnc1CN1C(=O)CC(C)C1=O. The molecule has 18 heavy (non-hydrogen) atoms. The second kappa shape index (κ2) is 5.43. The number of carbonyl (C=O) groups excluding carboxylic acids is 2. The molecule has 1 aliphatic heterocycles. The Morgan fingerprint density at radius 1 is 1.50 bits per heavy atom. The molecule has 0 spiro atoms.